The largest absolute Gasteiger partial charge is 0.496 e. The van der Waals surface area contributed by atoms with Crippen molar-refractivity contribution < 1.29 is 19.4 Å². The first-order valence-corrected chi connectivity index (χ1v) is 8.71. The molecule has 27 heavy (non-hydrogen) atoms. The second-order valence-electron chi connectivity index (χ2n) is 6.92. The van der Waals surface area contributed by atoms with Crippen LogP contribution in [0.5, 0.6) is 11.5 Å². The lowest BCUT2D eigenvalue weighted by molar-refractivity contribution is -0.147. The molecule has 1 aliphatic rings. The Balaban J connectivity index is 1.95. The number of likely N-dealkylation sites (tertiary alicyclic amines) is 1. The molecular formula is C20H24N2O5. The predicted molar refractivity (Wildman–Crippen MR) is 101 cm³/mol. The number of aliphatic carboxylic acids is 1. The predicted octanol–water partition coefficient (Wildman–Crippen LogP) is 1.89. The second kappa shape index (κ2) is 7.44. The van der Waals surface area contributed by atoms with E-state index in [0.29, 0.717) is 36.7 Å². The van der Waals surface area contributed by atoms with Gasteiger partial charge in [0.25, 0.3) is 5.56 Å². The Morgan fingerprint density at radius 3 is 2.22 bits per heavy atom. The first kappa shape index (κ1) is 19.0. The van der Waals surface area contributed by atoms with Gasteiger partial charge in [0.1, 0.15) is 11.5 Å². The summed E-state index contributed by atoms with van der Waals surface area (Å²) in [4.78, 5) is 25.0. The molecule has 2 heterocycles. The van der Waals surface area contributed by atoms with Gasteiger partial charge in [0.2, 0.25) is 0 Å². The summed E-state index contributed by atoms with van der Waals surface area (Å²) in [6, 6.07) is 5.69. The fourth-order valence-electron chi connectivity index (χ4n) is 3.42. The van der Waals surface area contributed by atoms with Crippen LogP contribution in [0.4, 0.5) is 0 Å². The number of benzene rings is 1. The third-order valence-corrected chi connectivity index (χ3v) is 4.99. The van der Waals surface area contributed by atoms with Gasteiger partial charge in [-0.3, -0.25) is 14.5 Å². The zero-order valence-corrected chi connectivity index (χ0v) is 16.0. The number of methoxy groups -OCH3 is 2. The zero-order valence-electron chi connectivity index (χ0n) is 16.0. The molecule has 0 unspecified atom stereocenters. The zero-order chi connectivity index (χ0) is 19.7. The molecule has 1 saturated heterocycles. The molecule has 7 heteroatoms. The molecule has 1 aliphatic heterocycles. The maximum absolute atomic E-state index is 12.0. The highest BCUT2D eigenvalue weighted by atomic mass is 16.5. The third kappa shape index (κ3) is 3.68. The Hall–Kier alpha value is -2.80. The number of carboxylic acid groups (broad SMARTS) is 1. The standard InChI is InChI=1S/C20H24N2O5/c1-12-5-14(8-21(2)19(12)23)13-6-17(26-3)16(18(7-13)27-4)11-22-9-15(10-22)20(24)25/h5-8,15H,9-11H2,1-4H3,(H,24,25). The summed E-state index contributed by atoms with van der Waals surface area (Å²) in [5.74, 6) is 0.282. The van der Waals surface area contributed by atoms with Crippen molar-refractivity contribution in [3.63, 3.8) is 0 Å². The molecule has 0 spiro atoms. The van der Waals surface area contributed by atoms with Gasteiger partial charge in [-0.1, -0.05) is 0 Å². The highest BCUT2D eigenvalue weighted by Gasteiger charge is 2.33. The Labute approximate surface area is 157 Å². The fraction of sp³-hybridized carbons (Fsp3) is 0.400. The van der Waals surface area contributed by atoms with Crippen molar-refractivity contribution in [1.82, 2.24) is 9.47 Å². The van der Waals surface area contributed by atoms with Gasteiger partial charge in [0.05, 0.1) is 25.7 Å². The number of carbonyl (C=O) groups is 1. The summed E-state index contributed by atoms with van der Waals surface area (Å²) in [5.41, 5.74) is 3.30. The Kier molecular flexibility index (Phi) is 5.23. The van der Waals surface area contributed by atoms with Crippen LogP contribution < -0.4 is 15.0 Å². The van der Waals surface area contributed by atoms with Crippen molar-refractivity contribution in [2.24, 2.45) is 13.0 Å². The molecule has 7 nitrogen and oxygen atoms in total. The fourth-order valence-corrected chi connectivity index (χ4v) is 3.42. The van der Waals surface area contributed by atoms with E-state index in [1.165, 1.54) is 0 Å². The van der Waals surface area contributed by atoms with E-state index in [-0.39, 0.29) is 11.5 Å². The minimum atomic E-state index is -0.759. The number of hydrogen-bond acceptors (Lipinski definition) is 5. The number of nitrogens with zero attached hydrogens (tertiary/aromatic N) is 2. The Bertz CT molecular complexity index is 877. The minimum Gasteiger partial charge on any atom is -0.496 e. The van der Waals surface area contributed by atoms with E-state index in [9.17, 15) is 9.59 Å². The van der Waals surface area contributed by atoms with Gasteiger partial charge in [0.15, 0.2) is 0 Å². The molecule has 0 amide bonds. The van der Waals surface area contributed by atoms with Gasteiger partial charge >= 0.3 is 5.97 Å². The number of hydrogen-bond donors (Lipinski definition) is 1. The lowest BCUT2D eigenvalue weighted by atomic mass is 9.97. The molecule has 144 valence electrons. The lowest BCUT2D eigenvalue weighted by Crippen LogP contribution is -2.49. The van der Waals surface area contributed by atoms with Crippen molar-refractivity contribution in [2.75, 3.05) is 27.3 Å². The van der Waals surface area contributed by atoms with Gasteiger partial charge < -0.3 is 19.1 Å². The number of aromatic nitrogens is 1. The highest BCUT2D eigenvalue weighted by Crippen LogP contribution is 2.37. The van der Waals surface area contributed by atoms with Crippen LogP contribution in [0, 0.1) is 12.8 Å². The van der Waals surface area contributed by atoms with Crippen molar-refractivity contribution in [3.8, 4) is 22.6 Å². The third-order valence-electron chi connectivity index (χ3n) is 4.99. The van der Waals surface area contributed by atoms with Crippen molar-refractivity contribution in [3.05, 3.63) is 45.9 Å². The molecule has 3 rings (SSSR count). The van der Waals surface area contributed by atoms with Gasteiger partial charge in [-0.15, -0.1) is 0 Å². The van der Waals surface area contributed by atoms with E-state index in [1.54, 1.807) is 39.0 Å². The van der Waals surface area contributed by atoms with Crippen molar-refractivity contribution in [2.45, 2.75) is 13.5 Å². The van der Waals surface area contributed by atoms with E-state index in [1.807, 2.05) is 18.2 Å². The minimum absolute atomic E-state index is 0.0277. The van der Waals surface area contributed by atoms with Crippen LogP contribution in [0.2, 0.25) is 0 Å². The molecule has 0 aliphatic carbocycles. The molecule has 0 atom stereocenters. The van der Waals surface area contributed by atoms with Crippen molar-refractivity contribution >= 4 is 5.97 Å². The van der Waals surface area contributed by atoms with E-state index in [4.69, 9.17) is 14.6 Å². The normalized spacial score (nSPS) is 14.7. The van der Waals surface area contributed by atoms with Crippen molar-refractivity contribution in [1.29, 1.82) is 0 Å². The monoisotopic (exact) mass is 372 g/mol. The van der Waals surface area contributed by atoms with Gasteiger partial charge in [0, 0.05) is 38.4 Å². The first-order valence-electron chi connectivity index (χ1n) is 8.71. The number of pyridine rings is 1. The van der Waals surface area contributed by atoms with Gasteiger partial charge in [-0.2, -0.15) is 0 Å². The quantitative estimate of drug-likeness (QED) is 0.834. The number of aryl methyl sites for hydroxylation is 2. The molecular weight excluding hydrogens is 348 g/mol. The summed E-state index contributed by atoms with van der Waals surface area (Å²) in [7, 11) is 4.93. The van der Waals surface area contributed by atoms with Crippen LogP contribution in [0.3, 0.4) is 0 Å². The maximum Gasteiger partial charge on any atom is 0.309 e. The van der Waals surface area contributed by atoms with Crippen LogP contribution in [0.15, 0.2) is 29.2 Å². The van der Waals surface area contributed by atoms with Gasteiger partial charge in [-0.25, -0.2) is 0 Å². The maximum atomic E-state index is 12.0. The van der Waals surface area contributed by atoms with E-state index >= 15 is 0 Å². The molecule has 1 aromatic carbocycles. The van der Waals surface area contributed by atoms with Crippen LogP contribution in [-0.2, 0) is 18.4 Å². The highest BCUT2D eigenvalue weighted by molar-refractivity contribution is 5.72. The number of rotatable bonds is 6. The van der Waals surface area contributed by atoms with Crippen LogP contribution in [0.25, 0.3) is 11.1 Å². The summed E-state index contributed by atoms with van der Waals surface area (Å²) < 4.78 is 12.7. The molecule has 0 saturated carbocycles. The van der Waals surface area contributed by atoms with Crippen LogP contribution >= 0.6 is 0 Å². The smallest absolute Gasteiger partial charge is 0.309 e. The summed E-state index contributed by atoms with van der Waals surface area (Å²) >= 11 is 0. The molecule has 0 radical (unpaired) electrons. The second-order valence-corrected chi connectivity index (χ2v) is 6.92. The molecule has 1 N–H and O–H groups in total. The van der Waals surface area contributed by atoms with Crippen LogP contribution in [-0.4, -0.2) is 47.9 Å². The number of carboxylic acids is 1. The topological polar surface area (TPSA) is 81.0 Å². The average Bonchev–Trinajstić information content (AvgIpc) is 2.60. The number of ether oxygens (including phenoxy) is 2. The van der Waals surface area contributed by atoms with E-state index in [0.717, 1.165) is 16.7 Å². The Morgan fingerprint density at radius 2 is 1.74 bits per heavy atom. The lowest BCUT2D eigenvalue weighted by Gasteiger charge is -2.37. The Morgan fingerprint density at radius 1 is 1.15 bits per heavy atom. The molecule has 2 aromatic rings. The van der Waals surface area contributed by atoms with E-state index in [2.05, 4.69) is 4.90 Å². The molecule has 0 bridgehead atoms. The molecule has 1 aromatic heterocycles. The summed E-state index contributed by atoms with van der Waals surface area (Å²) in [5, 5.41) is 9.05. The SMILES string of the molecule is COc1cc(-c2cc(C)c(=O)n(C)c2)cc(OC)c1CN1CC(C(=O)O)C1. The van der Waals surface area contributed by atoms with Crippen LogP contribution in [0.1, 0.15) is 11.1 Å². The van der Waals surface area contributed by atoms with Gasteiger partial charge in [-0.05, 0) is 36.2 Å². The average molecular weight is 372 g/mol. The summed E-state index contributed by atoms with van der Waals surface area (Å²) in [6.07, 6.45) is 1.79. The van der Waals surface area contributed by atoms with E-state index < -0.39 is 5.97 Å². The summed E-state index contributed by atoms with van der Waals surface area (Å²) in [6.45, 7) is 3.38. The first-order chi connectivity index (χ1) is 12.8. The molecule has 1 fully saturated rings.